The largest absolute Gasteiger partial charge is 0.497 e. The first-order valence-corrected chi connectivity index (χ1v) is 8.78. The summed E-state index contributed by atoms with van der Waals surface area (Å²) >= 11 is 0. The summed E-state index contributed by atoms with van der Waals surface area (Å²) < 4.78 is 5.23. The lowest BCUT2D eigenvalue weighted by Crippen LogP contribution is -2.42. The molecule has 0 spiro atoms. The highest BCUT2D eigenvalue weighted by molar-refractivity contribution is 5.79. The monoisotopic (exact) mass is 316 g/mol. The fraction of sp³-hybridized carbons (Fsp3) is 0.632. The van der Waals surface area contributed by atoms with Crippen LogP contribution in [-0.4, -0.2) is 36.5 Å². The van der Waals surface area contributed by atoms with Gasteiger partial charge in [-0.3, -0.25) is 4.79 Å². The van der Waals surface area contributed by atoms with Gasteiger partial charge in [-0.25, -0.2) is 0 Å². The van der Waals surface area contributed by atoms with Gasteiger partial charge in [-0.2, -0.15) is 0 Å². The lowest BCUT2D eigenvalue weighted by atomic mass is 9.85. The predicted octanol–water partition coefficient (Wildman–Crippen LogP) is 2.92. The summed E-state index contributed by atoms with van der Waals surface area (Å²) in [7, 11) is 1.68. The highest BCUT2D eigenvalue weighted by Crippen LogP contribution is 2.35. The van der Waals surface area contributed by atoms with Crippen molar-refractivity contribution in [3.05, 3.63) is 29.8 Å². The number of nitrogens with zero attached hydrogens (tertiary/aromatic N) is 1. The summed E-state index contributed by atoms with van der Waals surface area (Å²) in [4.78, 5) is 15.0. The van der Waals surface area contributed by atoms with Crippen molar-refractivity contribution in [3.63, 3.8) is 0 Å². The first-order valence-electron chi connectivity index (χ1n) is 8.78. The quantitative estimate of drug-likeness (QED) is 0.933. The third-order valence-electron chi connectivity index (χ3n) is 5.51. The molecular weight excluding hydrogens is 288 g/mol. The molecule has 4 nitrogen and oxygen atoms in total. The number of carbonyl (C=O) groups excluding carboxylic acids is 1. The van der Waals surface area contributed by atoms with Gasteiger partial charge in [0.25, 0.3) is 0 Å². The number of likely N-dealkylation sites (tertiary alicyclic amines) is 1. The molecule has 1 aliphatic carbocycles. The zero-order valence-electron chi connectivity index (χ0n) is 14.2. The van der Waals surface area contributed by atoms with Gasteiger partial charge in [-0.15, -0.1) is 0 Å². The van der Waals surface area contributed by atoms with Crippen LogP contribution in [0.25, 0.3) is 0 Å². The summed E-state index contributed by atoms with van der Waals surface area (Å²) in [5.74, 6) is 1.76. The van der Waals surface area contributed by atoms with Crippen LogP contribution in [0.4, 0.5) is 0 Å². The van der Waals surface area contributed by atoms with Gasteiger partial charge in [-0.05, 0) is 50.3 Å². The van der Waals surface area contributed by atoms with Crippen LogP contribution in [0.5, 0.6) is 5.75 Å². The molecule has 1 aromatic rings. The summed E-state index contributed by atoms with van der Waals surface area (Å²) in [5.41, 5.74) is 7.36. The maximum absolute atomic E-state index is 12.9. The second-order valence-electron chi connectivity index (χ2n) is 7.17. The molecule has 3 rings (SSSR count). The Morgan fingerprint density at radius 1 is 1.22 bits per heavy atom. The normalized spacial score (nSPS) is 31.2. The van der Waals surface area contributed by atoms with Crippen molar-refractivity contribution in [2.75, 3.05) is 13.7 Å². The fourth-order valence-electron chi connectivity index (χ4n) is 4.14. The molecule has 2 fully saturated rings. The number of rotatable bonds is 3. The van der Waals surface area contributed by atoms with E-state index in [4.69, 9.17) is 10.5 Å². The number of benzene rings is 1. The molecule has 1 aliphatic heterocycles. The number of hydrogen-bond donors (Lipinski definition) is 1. The maximum atomic E-state index is 12.9. The first kappa shape index (κ1) is 16.3. The maximum Gasteiger partial charge on any atom is 0.225 e. The van der Waals surface area contributed by atoms with Gasteiger partial charge in [0.2, 0.25) is 5.91 Å². The lowest BCUT2D eigenvalue weighted by Gasteiger charge is -2.31. The SMILES string of the molecule is COc1ccc([C@@H]2C[C@H](C)N(C(=O)[C@@H]3CCC[C@@H](N)C3)C2)cc1. The Balaban J connectivity index is 1.66. The van der Waals surface area contributed by atoms with E-state index in [0.717, 1.165) is 44.4 Å². The zero-order chi connectivity index (χ0) is 16.4. The molecule has 23 heavy (non-hydrogen) atoms. The number of hydrogen-bond acceptors (Lipinski definition) is 3. The standard InChI is InChI=1S/C19H28N2O2/c1-13-10-16(14-6-8-18(23-2)9-7-14)12-21(13)19(22)15-4-3-5-17(20)11-15/h6-9,13,15-17H,3-5,10-12,20H2,1-2H3/t13-,15+,16+,17+/m0/s1. The molecule has 1 saturated carbocycles. The van der Waals surface area contributed by atoms with E-state index < -0.39 is 0 Å². The van der Waals surface area contributed by atoms with Crippen molar-refractivity contribution in [2.45, 2.75) is 57.0 Å². The summed E-state index contributed by atoms with van der Waals surface area (Å²) in [6.07, 6.45) is 5.05. The van der Waals surface area contributed by atoms with Crippen LogP contribution in [0, 0.1) is 5.92 Å². The van der Waals surface area contributed by atoms with Gasteiger partial charge in [0.05, 0.1) is 7.11 Å². The van der Waals surface area contributed by atoms with E-state index in [0.29, 0.717) is 17.9 Å². The van der Waals surface area contributed by atoms with Crippen LogP contribution in [-0.2, 0) is 4.79 Å². The molecule has 4 heteroatoms. The van der Waals surface area contributed by atoms with E-state index >= 15 is 0 Å². The van der Waals surface area contributed by atoms with Crippen molar-refractivity contribution in [2.24, 2.45) is 11.7 Å². The van der Waals surface area contributed by atoms with E-state index in [1.807, 2.05) is 12.1 Å². The van der Waals surface area contributed by atoms with Crippen LogP contribution in [0.1, 0.15) is 50.5 Å². The minimum atomic E-state index is 0.135. The Bertz CT molecular complexity index is 543. The number of ether oxygens (including phenoxy) is 1. The minimum Gasteiger partial charge on any atom is -0.497 e. The van der Waals surface area contributed by atoms with Gasteiger partial charge in [0, 0.05) is 30.5 Å². The fourth-order valence-corrected chi connectivity index (χ4v) is 4.14. The van der Waals surface area contributed by atoms with E-state index in [1.165, 1.54) is 5.56 Å². The number of methoxy groups -OCH3 is 1. The highest BCUT2D eigenvalue weighted by Gasteiger charge is 2.37. The van der Waals surface area contributed by atoms with E-state index in [-0.39, 0.29) is 12.0 Å². The summed E-state index contributed by atoms with van der Waals surface area (Å²) in [6.45, 7) is 3.00. The van der Waals surface area contributed by atoms with Gasteiger partial charge in [0.1, 0.15) is 5.75 Å². The molecule has 1 aromatic carbocycles. The van der Waals surface area contributed by atoms with Crippen LogP contribution in [0.3, 0.4) is 0 Å². The first-order chi connectivity index (χ1) is 11.1. The second kappa shape index (κ2) is 6.91. The van der Waals surface area contributed by atoms with Crippen LogP contribution >= 0.6 is 0 Å². The molecule has 1 saturated heterocycles. The number of amides is 1. The average molecular weight is 316 g/mol. The summed E-state index contributed by atoms with van der Waals surface area (Å²) in [5, 5.41) is 0. The van der Waals surface area contributed by atoms with Crippen molar-refractivity contribution in [1.29, 1.82) is 0 Å². The van der Waals surface area contributed by atoms with Gasteiger partial charge >= 0.3 is 0 Å². The average Bonchev–Trinajstić information content (AvgIpc) is 2.96. The van der Waals surface area contributed by atoms with Crippen molar-refractivity contribution in [3.8, 4) is 5.75 Å². The van der Waals surface area contributed by atoms with E-state index in [9.17, 15) is 4.79 Å². The van der Waals surface area contributed by atoms with E-state index in [2.05, 4.69) is 24.0 Å². The second-order valence-corrected chi connectivity index (χ2v) is 7.17. The Hall–Kier alpha value is -1.55. The van der Waals surface area contributed by atoms with Crippen molar-refractivity contribution < 1.29 is 9.53 Å². The van der Waals surface area contributed by atoms with Gasteiger partial charge in [0.15, 0.2) is 0 Å². The Labute approximate surface area is 139 Å². The smallest absolute Gasteiger partial charge is 0.225 e. The molecular formula is C19H28N2O2. The predicted molar refractivity (Wildman–Crippen MR) is 91.5 cm³/mol. The van der Waals surface area contributed by atoms with Crippen molar-refractivity contribution in [1.82, 2.24) is 4.90 Å². The number of nitrogens with two attached hydrogens (primary N) is 1. The Morgan fingerprint density at radius 3 is 2.61 bits per heavy atom. The molecule has 0 bridgehead atoms. The number of carbonyl (C=O) groups is 1. The lowest BCUT2D eigenvalue weighted by molar-refractivity contribution is -0.137. The molecule has 4 atom stereocenters. The van der Waals surface area contributed by atoms with Gasteiger partial charge < -0.3 is 15.4 Å². The van der Waals surface area contributed by atoms with Crippen molar-refractivity contribution >= 4 is 5.91 Å². The molecule has 1 amide bonds. The highest BCUT2D eigenvalue weighted by atomic mass is 16.5. The minimum absolute atomic E-state index is 0.135. The third kappa shape index (κ3) is 3.52. The topological polar surface area (TPSA) is 55.6 Å². The Morgan fingerprint density at radius 2 is 1.96 bits per heavy atom. The Kier molecular flexibility index (Phi) is 4.90. The van der Waals surface area contributed by atoms with Crippen LogP contribution in [0.2, 0.25) is 0 Å². The van der Waals surface area contributed by atoms with Crippen LogP contribution < -0.4 is 10.5 Å². The molecule has 0 radical (unpaired) electrons. The van der Waals surface area contributed by atoms with E-state index in [1.54, 1.807) is 7.11 Å². The molecule has 0 aromatic heterocycles. The summed E-state index contributed by atoms with van der Waals surface area (Å²) in [6, 6.07) is 8.78. The molecule has 126 valence electrons. The molecule has 2 N–H and O–H groups in total. The van der Waals surface area contributed by atoms with Crippen LogP contribution in [0.15, 0.2) is 24.3 Å². The zero-order valence-corrected chi connectivity index (χ0v) is 14.2. The molecule has 2 aliphatic rings. The molecule has 1 heterocycles. The third-order valence-corrected chi connectivity index (χ3v) is 5.51. The van der Waals surface area contributed by atoms with Gasteiger partial charge in [-0.1, -0.05) is 18.6 Å². The molecule has 0 unspecified atom stereocenters.